The Labute approximate surface area is 187 Å². The minimum absolute atomic E-state index is 0.0491. The average Bonchev–Trinajstić information content (AvgIpc) is 2.78. The fourth-order valence-corrected chi connectivity index (χ4v) is 2.45. The number of carbonyl (C=O) groups excluding carboxylic acids is 1. The minimum atomic E-state index is -0.990. The molecular formula is C25H40N2O4. The number of H-pyrrole nitrogens is 1. The van der Waals surface area contributed by atoms with Gasteiger partial charge < -0.3 is 20.5 Å². The van der Waals surface area contributed by atoms with Gasteiger partial charge in [0.1, 0.15) is 5.75 Å². The monoisotopic (exact) mass is 432 g/mol. The molecule has 0 bridgehead atoms. The van der Waals surface area contributed by atoms with Crippen LogP contribution in [0.1, 0.15) is 66.9 Å². The molecule has 0 aromatic carbocycles. The largest absolute Gasteiger partial charge is 0.512 e. The Kier molecular flexibility index (Phi) is 20.9. The number of aliphatic hydroxyl groups is 1. The average molecular weight is 433 g/mol. The Balaban J connectivity index is -0.00000120. The third kappa shape index (κ3) is 10.3. The van der Waals surface area contributed by atoms with E-state index in [1.54, 1.807) is 25.2 Å². The number of nitrogens with one attached hydrogen (secondary N) is 2. The van der Waals surface area contributed by atoms with E-state index in [1.807, 2.05) is 41.5 Å². The van der Waals surface area contributed by atoms with Crippen LogP contribution in [-0.2, 0) is 4.79 Å². The molecule has 0 fully saturated rings. The third-order valence-electron chi connectivity index (χ3n) is 3.51. The van der Waals surface area contributed by atoms with Crippen molar-refractivity contribution < 1.29 is 15.0 Å². The quantitative estimate of drug-likeness (QED) is 0.240. The Morgan fingerprint density at radius 2 is 1.71 bits per heavy atom. The van der Waals surface area contributed by atoms with Crippen LogP contribution in [0.4, 0.5) is 0 Å². The van der Waals surface area contributed by atoms with E-state index in [0.717, 1.165) is 0 Å². The molecular weight excluding hydrogens is 392 g/mol. The van der Waals surface area contributed by atoms with Crippen molar-refractivity contribution in [2.24, 2.45) is 0 Å². The number of aliphatic hydroxyl groups excluding tert-OH is 1. The summed E-state index contributed by atoms with van der Waals surface area (Å²) in [5.74, 6) is -2.19. The maximum Gasteiger partial charge on any atom is 0.255 e. The minimum Gasteiger partial charge on any atom is -0.512 e. The molecule has 31 heavy (non-hydrogen) atoms. The van der Waals surface area contributed by atoms with Gasteiger partial charge in [-0.05, 0) is 31.7 Å². The second-order valence-electron chi connectivity index (χ2n) is 5.10. The fourth-order valence-electron chi connectivity index (χ4n) is 2.45. The lowest BCUT2D eigenvalue weighted by molar-refractivity contribution is -0.117. The van der Waals surface area contributed by atoms with Crippen LogP contribution in [0.3, 0.4) is 0 Å². The molecule has 1 atom stereocenters. The number of aromatic amines is 1. The first-order valence-corrected chi connectivity index (χ1v) is 10.6. The fraction of sp³-hybridized carbons (Fsp3) is 0.360. The lowest BCUT2D eigenvalue weighted by Crippen LogP contribution is -2.28. The number of hydrogen-bond donors (Lipinski definition) is 4. The summed E-state index contributed by atoms with van der Waals surface area (Å²) in [6.45, 7) is 22.1. The maximum absolute atomic E-state index is 12.5. The smallest absolute Gasteiger partial charge is 0.255 e. The van der Waals surface area contributed by atoms with Crippen molar-refractivity contribution in [2.75, 3.05) is 0 Å². The molecule has 4 N–H and O–H groups in total. The second kappa shape index (κ2) is 20.0. The topological polar surface area (TPSA) is 102 Å². The van der Waals surface area contributed by atoms with Crippen molar-refractivity contribution in [1.82, 2.24) is 10.3 Å². The number of allylic oxidation sites excluding steroid dienone is 6. The van der Waals surface area contributed by atoms with Gasteiger partial charge in [0.2, 0.25) is 0 Å². The van der Waals surface area contributed by atoms with Crippen molar-refractivity contribution in [1.29, 1.82) is 0 Å². The predicted molar refractivity (Wildman–Crippen MR) is 132 cm³/mol. The molecule has 1 rings (SSSR count). The van der Waals surface area contributed by atoms with Gasteiger partial charge in [0, 0.05) is 6.20 Å². The SMILES string of the molecule is C=C/C=C\C(=C/C)C(/C(C(=O)NC=C)=C(/C)O)c1c(O)cc[nH]c1=O.CC.CC.CC. The second-order valence-corrected chi connectivity index (χ2v) is 5.10. The predicted octanol–water partition coefficient (Wildman–Crippen LogP) is 6.02. The highest BCUT2D eigenvalue weighted by atomic mass is 16.3. The van der Waals surface area contributed by atoms with Crippen molar-refractivity contribution in [3.05, 3.63) is 88.7 Å². The van der Waals surface area contributed by atoms with Gasteiger partial charge in [-0.1, -0.05) is 79.0 Å². The van der Waals surface area contributed by atoms with Crippen LogP contribution in [0.25, 0.3) is 0 Å². The number of amides is 1. The van der Waals surface area contributed by atoms with Gasteiger partial charge >= 0.3 is 0 Å². The molecule has 174 valence electrons. The Morgan fingerprint density at radius 3 is 2.10 bits per heavy atom. The van der Waals surface area contributed by atoms with E-state index in [1.165, 1.54) is 31.5 Å². The van der Waals surface area contributed by atoms with Crippen LogP contribution in [0, 0.1) is 0 Å². The third-order valence-corrected chi connectivity index (χ3v) is 3.51. The van der Waals surface area contributed by atoms with Crippen molar-refractivity contribution in [3.63, 3.8) is 0 Å². The van der Waals surface area contributed by atoms with E-state index >= 15 is 0 Å². The van der Waals surface area contributed by atoms with Crippen molar-refractivity contribution in [2.45, 2.75) is 61.3 Å². The highest BCUT2D eigenvalue weighted by Gasteiger charge is 2.31. The zero-order valence-corrected chi connectivity index (χ0v) is 20.2. The number of carbonyl (C=O) groups is 1. The van der Waals surface area contributed by atoms with Crippen LogP contribution in [-0.4, -0.2) is 21.1 Å². The highest BCUT2D eigenvalue weighted by Crippen LogP contribution is 2.36. The summed E-state index contributed by atoms with van der Waals surface area (Å²) < 4.78 is 0. The summed E-state index contributed by atoms with van der Waals surface area (Å²) in [7, 11) is 0. The summed E-state index contributed by atoms with van der Waals surface area (Å²) in [4.78, 5) is 27.3. The maximum atomic E-state index is 12.5. The molecule has 0 spiro atoms. The highest BCUT2D eigenvalue weighted by molar-refractivity contribution is 5.97. The molecule has 1 aromatic rings. The van der Waals surface area contributed by atoms with E-state index in [-0.39, 0.29) is 22.6 Å². The normalized spacial score (nSPS) is 11.8. The van der Waals surface area contributed by atoms with Crippen molar-refractivity contribution in [3.8, 4) is 5.75 Å². The molecule has 0 radical (unpaired) electrons. The molecule has 1 unspecified atom stereocenters. The Bertz CT molecular complexity index is 811. The van der Waals surface area contributed by atoms with E-state index in [9.17, 15) is 19.8 Å². The van der Waals surface area contributed by atoms with Crippen LogP contribution in [0.2, 0.25) is 0 Å². The van der Waals surface area contributed by atoms with E-state index in [2.05, 4.69) is 23.5 Å². The number of aromatic nitrogens is 1. The number of aromatic hydroxyl groups is 1. The lowest BCUT2D eigenvalue weighted by Gasteiger charge is -2.22. The zero-order valence-electron chi connectivity index (χ0n) is 20.2. The molecule has 1 aromatic heterocycles. The van der Waals surface area contributed by atoms with E-state index < -0.39 is 17.4 Å². The van der Waals surface area contributed by atoms with Crippen LogP contribution in [0.5, 0.6) is 5.75 Å². The number of rotatable bonds is 7. The van der Waals surface area contributed by atoms with Gasteiger partial charge in [-0.2, -0.15) is 0 Å². The summed E-state index contributed by atoms with van der Waals surface area (Å²) in [6.07, 6.45) is 8.97. The molecule has 6 heteroatoms. The standard InChI is InChI=1S/C19H22N2O4.3C2H6/c1-5-8-9-13(6-2)16(15(12(4)22)18(24)20-7-3)17-14(23)10-11-21-19(17)25;3*1-2/h5-11,16,22H,1,3H2,2,4H3,(H,20,24)(H2,21,23,25);3*1-2H3/b9-8-,13-6+,15-12+;;;. The summed E-state index contributed by atoms with van der Waals surface area (Å²) in [6, 6.07) is 1.31. The van der Waals surface area contributed by atoms with Crippen LogP contribution >= 0.6 is 0 Å². The van der Waals surface area contributed by atoms with Crippen LogP contribution < -0.4 is 10.9 Å². The first kappa shape index (κ1) is 32.4. The molecule has 1 amide bonds. The van der Waals surface area contributed by atoms with Gasteiger partial charge in [0.15, 0.2) is 0 Å². The summed E-state index contributed by atoms with van der Waals surface area (Å²) >= 11 is 0. The van der Waals surface area contributed by atoms with Gasteiger partial charge in [0.05, 0.1) is 22.8 Å². The number of pyridine rings is 1. The van der Waals surface area contributed by atoms with Crippen LogP contribution in [0.15, 0.2) is 77.6 Å². The molecule has 0 aliphatic heterocycles. The Morgan fingerprint density at radius 1 is 1.16 bits per heavy atom. The van der Waals surface area contributed by atoms with E-state index in [0.29, 0.717) is 5.57 Å². The summed E-state index contributed by atoms with van der Waals surface area (Å²) in [5, 5.41) is 22.7. The van der Waals surface area contributed by atoms with Gasteiger partial charge in [0.25, 0.3) is 11.5 Å². The van der Waals surface area contributed by atoms with Gasteiger partial charge in [-0.25, -0.2) is 0 Å². The van der Waals surface area contributed by atoms with Gasteiger partial charge in [-0.3, -0.25) is 9.59 Å². The van der Waals surface area contributed by atoms with Gasteiger partial charge in [-0.15, -0.1) is 0 Å². The lowest BCUT2D eigenvalue weighted by atomic mass is 9.83. The first-order chi connectivity index (χ1) is 14.9. The molecule has 0 aliphatic carbocycles. The molecule has 0 saturated carbocycles. The molecule has 0 saturated heterocycles. The molecule has 6 nitrogen and oxygen atoms in total. The number of hydrogen-bond acceptors (Lipinski definition) is 4. The van der Waals surface area contributed by atoms with Crippen molar-refractivity contribution >= 4 is 5.91 Å². The first-order valence-electron chi connectivity index (χ1n) is 10.6. The van der Waals surface area contributed by atoms with E-state index in [4.69, 9.17) is 0 Å². The molecule has 1 heterocycles. The molecule has 0 aliphatic rings. The summed E-state index contributed by atoms with van der Waals surface area (Å²) in [5.41, 5.74) is -0.170. The zero-order chi connectivity index (χ0) is 25.0. The Hall–Kier alpha value is -3.28.